The quantitative estimate of drug-likeness (QED) is 0.249. The van der Waals surface area contributed by atoms with Gasteiger partial charge in [-0.15, -0.1) is 0 Å². The zero-order valence-corrected chi connectivity index (χ0v) is 17.3. The molecule has 0 fully saturated rings. The maximum Gasteiger partial charge on any atom is 0.187 e. The smallest absolute Gasteiger partial charge is 0.187 e. The molecule has 0 heterocycles. The molecule has 144 valence electrons. The summed E-state index contributed by atoms with van der Waals surface area (Å²) in [7, 11) is 0. The third-order valence-corrected chi connectivity index (χ3v) is 6.46. The van der Waals surface area contributed by atoms with E-state index < -0.39 is 0 Å². The van der Waals surface area contributed by atoms with Gasteiger partial charge < -0.3 is 0 Å². The lowest BCUT2D eigenvalue weighted by molar-refractivity contribution is 1.60. The first-order valence-corrected chi connectivity index (χ1v) is 10.6. The molecule has 0 aromatic heterocycles. The highest BCUT2D eigenvalue weighted by atomic mass is 35.5. The predicted molar refractivity (Wildman–Crippen MR) is 131 cm³/mol. The van der Waals surface area contributed by atoms with Crippen LogP contribution in [0.1, 0.15) is 0 Å². The molecule has 0 atom stereocenters. The summed E-state index contributed by atoms with van der Waals surface area (Å²) in [6.45, 7) is 7.40. The topological polar surface area (TPSA) is 4.36 Å². The van der Waals surface area contributed by atoms with Crippen molar-refractivity contribution in [1.29, 1.82) is 0 Å². The van der Waals surface area contributed by atoms with Gasteiger partial charge in [-0.1, -0.05) is 103 Å². The van der Waals surface area contributed by atoms with E-state index in [-0.39, 0.29) is 0 Å². The lowest BCUT2D eigenvalue weighted by Gasteiger charge is -2.15. The van der Waals surface area contributed by atoms with Crippen LogP contribution < -0.4 is 0 Å². The molecule has 0 aliphatic heterocycles. The molecule has 5 aromatic rings. The average molecular weight is 414 g/mol. The number of fused-ring (bicyclic) bond motifs is 3. The Hall–Kier alpha value is -3.86. The molecule has 1 aliphatic rings. The molecule has 1 aliphatic carbocycles. The lowest BCUT2D eigenvalue weighted by atomic mass is 9.89. The van der Waals surface area contributed by atoms with Gasteiger partial charge in [0.2, 0.25) is 0 Å². The van der Waals surface area contributed by atoms with E-state index in [1.807, 2.05) is 18.2 Å². The Bertz CT molecular complexity index is 1530. The Balaban J connectivity index is 1.65. The minimum Gasteiger partial charge on any atom is -0.238 e. The van der Waals surface area contributed by atoms with E-state index in [9.17, 15) is 0 Å². The van der Waals surface area contributed by atoms with E-state index in [2.05, 4.69) is 77.6 Å². The third kappa shape index (κ3) is 2.63. The Morgan fingerprint density at radius 2 is 1.06 bits per heavy atom. The van der Waals surface area contributed by atoms with Gasteiger partial charge in [-0.2, -0.15) is 0 Å². The first-order chi connectivity index (χ1) is 15.3. The van der Waals surface area contributed by atoms with Crippen LogP contribution in [0.15, 0.2) is 97.1 Å². The van der Waals surface area contributed by atoms with Crippen LogP contribution in [0, 0.1) is 6.57 Å². The molecule has 5 aromatic carbocycles. The Labute approximate surface area is 186 Å². The minimum atomic E-state index is 0.588. The molecule has 31 heavy (non-hydrogen) atoms. The van der Waals surface area contributed by atoms with E-state index in [0.29, 0.717) is 10.7 Å². The van der Waals surface area contributed by atoms with Gasteiger partial charge in [0.05, 0.1) is 6.57 Å². The van der Waals surface area contributed by atoms with Crippen LogP contribution in [0.5, 0.6) is 0 Å². The number of halogens is 1. The van der Waals surface area contributed by atoms with Crippen LogP contribution in [0.25, 0.3) is 60.1 Å². The van der Waals surface area contributed by atoms with Crippen LogP contribution in [-0.4, -0.2) is 0 Å². The molecule has 0 amide bonds. The SMILES string of the molecule is [C-]#[N+]c1ccc(Cl)c(-c2ccccc2-c2ccc3c4c(cccc24)-c2ccccc2-3)c1. The fraction of sp³-hybridized carbons (Fsp3) is 0. The van der Waals surface area contributed by atoms with Gasteiger partial charge in [0.1, 0.15) is 0 Å². The Morgan fingerprint density at radius 1 is 0.516 bits per heavy atom. The van der Waals surface area contributed by atoms with E-state index in [4.69, 9.17) is 18.2 Å². The molecular formula is C29H16ClN. The summed E-state index contributed by atoms with van der Waals surface area (Å²) >= 11 is 6.58. The molecule has 0 spiro atoms. The number of benzene rings is 5. The van der Waals surface area contributed by atoms with Crippen molar-refractivity contribution in [2.45, 2.75) is 0 Å². The molecule has 0 unspecified atom stereocenters. The molecule has 0 saturated heterocycles. The highest BCUT2D eigenvalue weighted by molar-refractivity contribution is 6.33. The zero-order chi connectivity index (χ0) is 20.9. The molecular weight excluding hydrogens is 398 g/mol. The molecule has 0 N–H and O–H groups in total. The summed E-state index contributed by atoms with van der Waals surface area (Å²) in [5.41, 5.74) is 9.96. The van der Waals surface area contributed by atoms with Crippen molar-refractivity contribution in [3.63, 3.8) is 0 Å². The summed E-state index contributed by atoms with van der Waals surface area (Å²) < 4.78 is 0. The normalized spacial score (nSPS) is 11.4. The fourth-order valence-electron chi connectivity index (χ4n) is 4.79. The van der Waals surface area contributed by atoms with Gasteiger partial charge in [-0.3, -0.25) is 0 Å². The van der Waals surface area contributed by atoms with E-state index >= 15 is 0 Å². The van der Waals surface area contributed by atoms with Gasteiger partial charge >= 0.3 is 0 Å². The van der Waals surface area contributed by atoms with Crippen molar-refractivity contribution >= 4 is 28.1 Å². The number of rotatable bonds is 2. The van der Waals surface area contributed by atoms with Gasteiger partial charge in [0, 0.05) is 5.02 Å². The summed E-state index contributed by atoms with van der Waals surface area (Å²) in [6.07, 6.45) is 0. The second-order valence-electron chi connectivity index (χ2n) is 7.76. The van der Waals surface area contributed by atoms with Crippen molar-refractivity contribution in [3.05, 3.63) is 114 Å². The highest BCUT2D eigenvalue weighted by Crippen LogP contribution is 2.50. The fourth-order valence-corrected chi connectivity index (χ4v) is 5.00. The second-order valence-corrected chi connectivity index (χ2v) is 8.16. The number of nitrogens with zero attached hydrogens (tertiary/aromatic N) is 1. The zero-order valence-electron chi connectivity index (χ0n) is 16.6. The first kappa shape index (κ1) is 18.0. The molecule has 6 rings (SSSR count). The summed E-state index contributed by atoms with van der Waals surface area (Å²) in [6, 6.07) is 33.4. The monoisotopic (exact) mass is 413 g/mol. The highest BCUT2D eigenvalue weighted by Gasteiger charge is 2.23. The van der Waals surface area contributed by atoms with Crippen molar-refractivity contribution in [2.75, 3.05) is 0 Å². The van der Waals surface area contributed by atoms with Crippen molar-refractivity contribution in [3.8, 4) is 44.5 Å². The van der Waals surface area contributed by atoms with Crippen LogP contribution in [0.4, 0.5) is 5.69 Å². The third-order valence-electron chi connectivity index (χ3n) is 6.13. The van der Waals surface area contributed by atoms with E-state index in [0.717, 1.165) is 16.7 Å². The average Bonchev–Trinajstić information content (AvgIpc) is 3.15. The Morgan fingerprint density at radius 3 is 1.74 bits per heavy atom. The van der Waals surface area contributed by atoms with E-state index in [1.54, 1.807) is 6.07 Å². The number of hydrogen-bond donors (Lipinski definition) is 0. The largest absolute Gasteiger partial charge is 0.238 e. The van der Waals surface area contributed by atoms with Crippen LogP contribution >= 0.6 is 11.6 Å². The first-order valence-electron chi connectivity index (χ1n) is 10.2. The molecule has 2 heteroatoms. The molecule has 0 saturated carbocycles. The molecule has 0 radical (unpaired) electrons. The maximum absolute atomic E-state index is 7.40. The Kier molecular flexibility index (Phi) is 3.96. The summed E-state index contributed by atoms with van der Waals surface area (Å²) in [5, 5.41) is 3.19. The van der Waals surface area contributed by atoms with Crippen molar-refractivity contribution in [2.24, 2.45) is 0 Å². The standard InChI is InChI=1S/C29H16ClN/c1-31-18-13-16-28(30)27(17-18)22-10-5-2-7-19(22)23-14-15-26-21-9-4-3-8-20(21)24-11-6-12-25(23)29(24)26/h2-17H. The predicted octanol–water partition coefficient (Wildman–Crippen LogP) is 9.03. The van der Waals surface area contributed by atoms with Gasteiger partial charge in [-0.25, -0.2) is 4.85 Å². The molecule has 1 nitrogen and oxygen atoms in total. The second kappa shape index (κ2) is 6.84. The van der Waals surface area contributed by atoms with Gasteiger partial charge in [0.15, 0.2) is 5.69 Å². The van der Waals surface area contributed by atoms with Crippen LogP contribution in [0.3, 0.4) is 0 Å². The number of hydrogen-bond acceptors (Lipinski definition) is 0. The summed E-state index contributed by atoms with van der Waals surface area (Å²) in [4.78, 5) is 3.60. The van der Waals surface area contributed by atoms with E-state index in [1.165, 1.54) is 38.6 Å². The van der Waals surface area contributed by atoms with Crippen LogP contribution in [-0.2, 0) is 0 Å². The molecule has 0 bridgehead atoms. The summed E-state index contributed by atoms with van der Waals surface area (Å²) in [5.74, 6) is 0. The van der Waals surface area contributed by atoms with Crippen LogP contribution in [0.2, 0.25) is 5.02 Å². The lowest BCUT2D eigenvalue weighted by Crippen LogP contribution is -1.88. The minimum absolute atomic E-state index is 0.588. The van der Waals surface area contributed by atoms with Gasteiger partial charge in [-0.05, 0) is 61.3 Å². The van der Waals surface area contributed by atoms with Gasteiger partial charge in [0.25, 0.3) is 0 Å². The van der Waals surface area contributed by atoms with Crippen molar-refractivity contribution in [1.82, 2.24) is 0 Å². The maximum atomic E-state index is 7.40. The van der Waals surface area contributed by atoms with Crippen molar-refractivity contribution < 1.29 is 0 Å².